The standard InChI is InChI=1S/C8H16O4S/c1-4-8(3,6-13(10)11)7(9)12-5-2/h4-6H2,1-3H3,(H,10,11)/p-1. The van der Waals surface area contributed by atoms with Crippen molar-refractivity contribution in [2.45, 2.75) is 27.2 Å². The summed E-state index contributed by atoms with van der Waals surface area (Å²) in [6, 6.07) is 0. The van der Waals surface area contributed by atoms with Gasteiger partial charge in [-0.1, -0.05) is 18.0 Å². The van der Waals surface area contributed by atoms with Crippen LogP contribution in [-0.2, 0) is 20.6 Å². The summed E-state index contributed by atoms with van der Waals surface area (Å²) < 4.78 is 25.7. The van der Waals surface area contributed by atoms with Gasteiger partial charge in [0.15, 0.2) is 0 Å². The maximum Gasteiger partial charge on any atom is 0.312 e. The second-order valence-electron chi connectivity index (χ2n) is 3.08. The molecule has 0 saturated heterocycles. The van der Waals surface area contributed by atoms with Crippen LogP contribution in [0.1, 0.15) is 27.2 Å². The third kappa shape index (κ3) is 3.87. The summed E-state index contributed by atoms with van der Waals surface area (Å²) in [7, 11) is 0. The van der Waals surface area contributed by atoms with E-state index >= 15 is 0 Å². The van der Waals surface area contributed by atoms with Crippen LogP contribution < -0.4 is 0 Å². The molecule has 2 unspecified atom stereocenters. The van der Waals surface area contributed by atoms with Crippen molar-refractivity contribution >= 4 is 17.0 Å². The van der Waals surface area contributed by atoms with Crippen molar-refractivity contribution < 1.29 is 18.3 Å². The average molecular weight is 207 g/mol. The van der Waals surface area contributed by atoms with E-state index in [9.17, 15) is 13.6 Å². The molecule has 0 aliphatic carbocycles. The van der Waals surface area contributed by atoms with Gasteiger partial charge >= 0.3 is 5.97 Å². The Kier molecular flexibility index (Phi) is 5.17. The quantitative estimate of drug-likeness (QED) is 0.495. The van der Waals surface area contributed by atoms with Crippen LogP contribution in [-0.4, -0.2) is 27.1 Å². The number of carbonyl (C=O) groups is 1. The average Bonchev–Trinajstić information content (AvgIpc) is 2.03. The lowest BCUT2D eigenvalue weighted by Crippen LogP contribution is -2.34. The van der Waals surface area contributed by atoms with Crippen molar-refractivity contribution in [1.29, 1.82) is 0 Å². The molecule has 0 aliphatic rings. The van der Waals surface area contributed by atoms with Crippen molar-refractivity contribution in [1.82, 2.24) is 0 Å². The Morgan fingerprint density at radius 1 is 1.54 bits per heavy atom. The Balaban J connectivity index is 4.42. The van der Waals surface area contributed by atoms with E-state index in [1.54, 1.807) is 20.8 Å². The summed E-state index contributed by atoms with van der Waals surface area (Å²) in [6.07, 6.45) is 0.458. The van der Waals surface area contributed by atoms with E-state index in [2.05, 4.69) is 0 Å². The van der Waals surface area contributed by atoms with Gasteiger partial charge in [-0.3, -0.25) is 9.00 Å². The van der Waals surface area contributed by atoms with Gasteiger partial charge < -0.3 is 9.29 Å². The molecule has 0 saturated carbocycles. The maximum absolute atomic E-state index is 11.3. The minimum Gasteiger partial charge on any atom is -0.772 e. The van der Waals surface area contributed by atoms with E-state index in [1.165, 1.54) is 0 Å². The van der Waals surface area contributed by atoms with Crippen LogP contribution in [0.3, 0.4) is 0 Å². The highest BCUT2D eigenvalue weighted by molar-refractivity contribution is 7.79. The Labute approximate surface area is 80.9 Å². The van der Waals surface area contributed by atoms with E-state index in [1.807, 2.05) is 0 Å². The second kappa shape index (κ2) is 5.34. The molecular formula is C8H15O4S-. The molecule has 13 heavy (non-hydrogen) atoms. The Morgan fingerprint density at radius 3 is 2.38 bits per heavy atom. The number of rotatable bonds is 5. The molecule has 0 aromatic carbocycles. The SMILES string of the molecule is CCOC(=O)C(C)(CC)CS(=O)[O-]. The largest absolute Gasteiger partial charge is 0.772 e. The Morgan fingerprint density at radius 2 is 2.08 bits per heavy atom. The molecule has 2 atom stereocenters. The number of hydrogen-bond acceptors (Lipinski definition) is 4. The third-order valence-electron chi connectivity index (χ3n) is 1.98. The van der Waals surface area contributed by atoms with Gasteiger partial charge in [0.1, 0.15) is 0 Å². The third-order valence-corrected chi connectivity index (χ3v) is 2.86. The molecule has 5 heteroatoms. The van der Waals surface area contributed by atoms with Crippen LogP contribution in [0.2, 0.25) is 0 Å². The molecule has 0 spiro atoms. The normalized spacial score (nSPS) is 17.5. The first kappa shape index (κ1) is 12.6. The van der Waals surface area contributed by atoms with Gasteiger partial charge in [-0.2, -0.15) is 0 Å². The second-order valence-corrected chi connectivity index (χ2v) is 3.98. The molecule has 0 fully saturated rings. The highest BCUT2D eigenvalue weighted by atomic mass is 32.2. The molecule has 0 rings (SSSR count). The Bertz CT molecular complexity index is 204. The molecule has 0 aromatic rings. The van der Waals surface area contributed by atoms with E-state index in [-0.39, 0.29) is 12.4 Å². The van der Waals surface area contributed by atoms with Crippen molar-refractivity contribution in [3.8, 4) is 0 Å². The molecule has 0 amide bonds. The molecule has 0 aromatic heterocycles. The minimum atomic E-state index is -2.21. The highest BCUT2D eigenvalue weighted by Gasteiger charge is 2.32. The summed E-state index contributed by atoms with van der Waals surface area (Å²) >= 11 is -2.21. The fourth-order valence-electron chi connectivity index (χ4n) is 0.871. The number of carbonyl (C=O) groups excluding carboxylic acids is 1. The summed E-state index contributed by atoms with van der Waals surface area (Å²) in [5, 5.41) is 0. The monoisotopic (exact) mass is 207 g/mol. The summed E-state index contributed by atoms with van der Waals surface area (Å²) in [6.45, 7) is 5.34. The molecule has 4 nitrogen and oxygen atoms in total. The molecule has 0 aliphatic heterocycles. The minimum absolute atomic E-state index is 0.178. The zero-order valence-electron chi connectivity index (χ0n) is 8.16. The van der Waals surface area contributed by atoms with Crippen LogP contribution >= 0.6 is 0 Å². The van der Waals surface area contributed by atoms with Crippen LogP contribution in [0.15, 0.2) is 0 Å². The summed E-state index contributed by atoms with van der Waals surface area (Å²) in [4.78, 5) is 11.3. The predicted molar refractivity (Wildman–Crippen MR) is 48.8 cm³/mol. The zero-order valence-corrected chi connectivity index (χ0v) is 8.98. The summed E-state index contributed by atoms with van der Waals surface area (Å²) in [5.74, 6) is -0.621. The van der Waals surface area contributed by atoms with Crippen LogP contribution in [0.4, 0.5) is 0 Å². The molecule has 0 heterocycles. The fraction of sp³-hybridized carbons (Fsp3) is 0.875. The van der Waals surface area contributed by atoms with Crippen LogP contribution in [0.25, 0.3) is 0 Å². The molecule has 78 valence electrons. The van der Waals surface area contributed by atoms with Gasteiger partial charge in [-0.15, -0.1) is 0 Å². The van der Waals surface area contributed by atoms with Gasteiger partial charge in [0, 0.05) is 5.75 Å². The van der Waals surface area contributed by atoms with E-state index in [4.69, 9.17) is 4.74 Å². The summed E-state index contributed by atoms with van der Waals surface area (Å²) in [5.41, 5.74) is -0.900. The number of esters is 1. The zero-order chi connectivity index (χ0) is 10.5. The van der Waals surface area contributed by atoms with E-state index in [0.29, 0.717) is 6.42 Å². The van der Waals surface area contributed by atoms with Crippen molar-refractivity contribution in [2.24, 2.45) is 5.41 Å². The fourth-order valence-corrected chi connectivity index (χ4v) is 1.71. The smallest absolute Gasteiger partial charge is 0.312 e. The van der Waals surface area contributed by atoms with E-state index in [0.717, 1.165) is 0 Å². The van der Waals surface area contributed by atoms with Gasteiger partial charge in [0.2, 0.25) is 0 Å². The molecule has 0 bridgehead atoms. The van der Waals surface area contributed by atoms with Crippen molar-refractivity contribution in [3.05, 3.63) is 0 Å². The van der Waals surface area contributed by atoms with E-state index < -0.39 is 22.5 Å². The predicted octanol–water partition coefficient (Wildman–Crippen LogP) is 0.845. The van der Waals surface area contributed by atoms with Gasteiger partial charge in [-0.05, 0) is 20.3 Å². The maximum atomic E-state index is 11.3. The number of ether oxygens (including phenoxy) is 1. The van der Waals surface area contributed by atoms with Crippen LogP contribution in [0.5, 0.6) is 0 Å². The molecule has 0 radical (unpaired) electrons. The van der Waals surface area contributed by atoms with Gasteiger partial charge in [-0.25, -0.2) is 0 Å². The first-order valence-corrected chi connectivity index (χ1v) is 5.43. The highest BCUT2D eigenvalue weighted by Crippen LogP contribution is 2.23. The van der Waals surface area contributed by atoms with Gasteiger partial charge in [0.05, 0.1) is 12.0 Å². The molecule has 0 N–H and O–H groups in total. The van der Waals surface area contributed by atoms with Crippen LogP contribution in [0, 0.1) is 5.41 Å². The van der Waals surface area contributed by atoms with Crippen molar-refractivity contribution in [3.63, 3.8) is 0 Å². The van der Waals surface area contributed by atoms with Crippen molar-refractivity contribution in [2.75, 3.05) is 12.4 Å². The first-order valence-electron chi connectivity index (χ1n) is 4.19. The lowest BCUT2D eigenvalue weighted by atomic mass is 9.90. The Hall–Kier alpha value is -0.420. The first-order chi connectivity index (χ1) is 5.96. The number of hydrogen-bond donors (Lipinski definition) is 0. The lowest BCUT2D eigenvalue weighted by Gasteiger charge is -2.26. The molecular weight excluding hydrogens is 192 g/mol. The van der Waals surface area contributed by atoms with Gasteiger partial charge in [0.25, 0.3) is 0 Å². The topological polar surface area (TPSA) is 66.4 Å². The lowest BCUT2D eigenvalue weighted by molar-refractivity contribution is -0.153.